The zero-order valence-electron chi connectivity index (χ0n) is 17.6. The van der Waals surface area contributed by atoms with E-state index < -0.39 is 35.8 Å². The van der Waals surface area contributed by atoms with Crippen molar-refractivity contribution in [1.82, 2.24) is 5.32 Å². The van der Waals surface area contributed by atoms with Crippen LogP contribution in [-0.4, -0.2) is 36.8 Å². The van der Waals surface area contributed by atoms with E-state index in [1.165, 1.54) is 7.11 Å². The molecule has 0 heterocycles. The molecule has 2 aromatic carbocycles. The normalized spacial score (nSPS) is 12.9. The number of carbonyl (C=O) groups excluding carboxylic acids is 3. The van der Waals surface area contributed by atoms with Crippen LogP contribution in [0.1, 0.15) is 38.0 Å². The molecule has 1 N–H and O–H groups in total. The third-order valence-corrected chi connectivity index (χ3v) is 4.01. The molecule has 2 rings (SSSR count). The van der Waals surface area contributed by atoms with E-state index in [0.717, 1.165) is 5.56 Å². The lowest BCUT2D eigenvalue weighted by atomic mass is 10.1. The summed E-state index contributed by atoms with van der Waals surface area (Å²) in [5, 5.41) is 2.55. The molecule has 0 saturated carbocycles. The molecule has 1 amide bonds. The zero-order valence-corrected chi connectivity index (χ0v) is 17.6. The highest BCUT2D eigenvalue weighted by atomic mass is 16.6. The standard InChI is InChI=1S/C23H27NO6/c1-23(2,3)30-22(27)24-18(15-16-11-7-5-8-12-16)20(25)29-19(21(26)28-4)17-13-9-6-10-14-17/h5-14,18-19H,15H2,1-4H3,(H,24,27)/t18-,19?/m0/s1. The summed E-state index contributed by atoms with van der Waals surface area (Å²) in [5.41, 5.74) is 0.544. The number of benzene rings is 2. The second-order valence-electron chi connectivity index (χ2n) is 7.64. The number of amides is 1. The molecule has 0 radical (unpaired) electrons. The Morgan fingerprint density at radius 1 is 0.900 bits per heavy atom. The fourth-order valence-electron chi connectivity index (χ4n) is 2.68. The van der Waals surface area contributed by atoms with Crippen molar-refractivity contribution in [2.45, 2.75) is 44.9 Å². The molecule has 0 aliphatic heterocycles. The van der Waals surface area contributed by atoms with Gasteiger partial charge >= 0.3 is 18.0 Å². The number of hydrogen-bond acceptors (Lipinski definition) is 6. The summed E-state index contributed by atoms with van der Waals surface area (Å²) in [6.45, 7) is 5.17. The molecule has 0 aliphatic carbocycles. The Morgan fingerprint density at radius 2 is 1.47 bits per heavy atom. The number of methoxy groups -OCH3 is 1. The summed E-state index contributed by atoms with van der Waals surface area (Å²) in [5.74, 6) is -1.49. The smallest absolute Gasteiger partial charge is 0.408 e. The third kappa shape index (κ3) is 7.24. The fourth-order valence-corrected chi connectivity index (χ4v) is 2.68. The van der Waals surface area contributed by atoms with E-state index in [1.807, 2.05) is 30.3 Å². The summed E-state index contributed by atoms with van der Waals surface area (Å²) >= 11 is 0. The van der Waals surface area contributed by atoms with Gasteiger partial charge in [-0.1, -0.05) is 60.7 Å². The summed E-state index contributed by atoms with van der Waals surface area (Å²) in [7, 11) is 1.21. The minimum Gasteiger partial charge on any atom is -0.466 e. The van der Waals surface area contributed by atoms with Gasteiger partial charge in [-0.2, -0.15) is 0 Å². The van der Waals surface area contributed by atoms with Crippen molar-refractivity contribution in [3.63, 3.8) is 0 Å². The molecular weight excluding hydrogens is 386 g/mol. The van der Waals surface area contributed by atoms with Gasteiger partial charge in [0.05, 0.1) is 7.11 Å². The van der Waals surface area contributed by atoms with E-state index in [2.05, 4.69) is 5.32 Å². The molecule has 0 spiro atoms. The largest absolute Gasteiger partial charge is 0.466 e. The van der Waals surface area contributed by atoms with Crippen LogP contribution in [0.25, 0.3) is 0 Å². The Bertz CT molecular complexity index is 845. The van der Waals surface area contributed by atoms with Gasteiger partial charge in [-0.05, 0) is 26.3 Å². The van der Waals surface area contributed by atoms with Crippen LogP contribution in [0.3, 0.4) is 0 Å². The third-order valence-electron chi connectivity index (χ3n) is 4.01. The number of rotatable bonds is 7. The van der Waals surface area contributed by atoms with Crippen molar-refractivity contribution in [3.8, 4) is 0 Å². The van der Waals surface area contributed by atoms with Gasteiger partial charge in [0.1, 0.15) is 11.6 Å². The van der Waals surface area contributed by atoms with Crippen molar-refractivity contribution in [2.75, 3.05) is 7.11 Å². The van der Waals surface area contributed by atoms with Crippen LogP contribution in [0.2, 0.25) is 0 Å². The summed E-state index contributed by atoms with van der Waals surface area (Å²) in [6.07, 6.45) is -1.83. The molecule has 0 bridgehead atoms. The molecule has 2 aromatic rings. The minimum absolute atomic E-state index is 0.168. The molecule has 0 fully saturated rings. The molecule has 0 aliphatic rings. The van der Waals surface area contributed by atoms with Crippen molar-refractivity contribution in [1.29, 1.82) is 0 Å². The molecule has 30 heavy (non-hydrogen) atoms. The van der Waals surface area contributed by atoms with Gasteiger partial charge in [0.15, 0.2) is 0 Å². The maximum Gasteiger partial charge on any atom is 0.408 e. The lowest BCUT2D eigenvalue weighted by Crippen LogP contribution is -2.46. The first kappa shape index (κ1) is 22.9. The van der Waals surface area contributed by atoms with E-state index in [0.29, 0.717) is 5.56 Å². The number of nitrogens with one attached hydrogen (secondary N) is 1. The molecule has 1 unspecified atom stereocenters. The van der Waals surface area contributed by atoms with Crippen molar-refractivity contribution < 1.29 is 28.6 Å². The maximum absolute atomic E-state index is 13.0. The monoisotopic (exact) mass is 413 g/mol. The predicted molar refractivity (Wildman–Crippen MR) is 111 cm³/mol. The Labute approximate surface area is 176 Å². The predicted octanol–water partition coefficient (Wildman–Crippen LogP) is 3.58. The van der Waals surface area contributed by atoms with Gasteiger partial charge in [0.2, 0.25) is 6.10 Å². The van der Waals surface area contributed by atoms with E-state index in [1.54, 1.807) is 51.1 Å². The van der Waals surface area contributed by atoms with Gasteiger partial charge in [-0.15, -0.1) is 0 Å². The Balaban J connectivity index is 2.23. The molecule has 0 aromatic heterocycles. The highest BCUT2D eigenvalue weighted by Crippen LogP contribution is 2.20. The fraction of sp³-hybridized carbons (Fsp3) is 0.348. The van der Waals surface area contributed by atoms with Crippen LogP contribution in [0.15, 0.2) is 60.7 Å². The Kier molecular flexibility index (Phi) is 7.98. The average molecular weight is 413 g/mol. The van der Waals surface area contributed by atoms with Crippen LogP contribution in [0.5, 0.6) is 0 Å². The second kappa shape index (κ2) is 10.4. The van der Waals surface area contributed by atoms with Gasteiger partial charge in [0, 0.05) is 12.0 Å². The highest BCUT2D eigenvalue weighted by Gasteiger charge is 2.31. The summed E-state index contributed by atoms with van der Waals surface area (Å²) < 4.78 is 15.5. The average Bonchev–Trinajstić information content (AvgIpc) is 2.71. The molecule has 160 valence electrons. The summed E-state index contributed by atoms with van der Waals surface area (Å²) in [4.78, 5) is 37.5. The SMILES string of the molecule is COC(=O)C(OC(=O)[C@H](Cc1ccccc1)NC(=O)OC(C)(C)C)c1ccccc1. The van der Waals surface area contributed by atoms with Crippen LogP contribution in [0.4, 0.5) is 4.79 Å². The van der Waals surface area contributed by atoms with Gasteiger partial charge < -0.3 is 19.5 Å². The first-order valence-corrected chi connectivity index (χ1v) is 9.56. The lowest BCUT2D eigenvalue weighted by Gasteiger charge is -2.24. The summed E-state index contributed by atoms with van der Waals surface area (Å²) in [6, 6.07) is 16.6. The van der Waals surface area contributed by atoms with Crippen molar-refractivity contribution >= 4 is 18.0 Å². The topological polar surface area (TPSA) is 90.9 Å². The van der Waals surface area contributed by atoms with Crippen molar-refractivity contribution in [2.24, 2.45) is 0 Å². The van der Waals surface area contributed by atoms with E-state index in [4.69, 9.17) is 14.2 Å². The number of hydrogen-bond donors (Lipinski definition) is 1. The van der Waals surface area contributed by atoms with E-state index in [-0.39, 0.29) is 6.42 Å². The minimum atomic E-state index is -1.25. The quantitative estimate of drug-likeness (QED) is 0.551. The Morgan fingerprint density at radius 3 is 2.00 bits per heavy atom. The van der Waals surface area contributed by atoms with Crippen molar-refractivity contribution in [3.05, 3.63) is 71.8 Å². The number of esters is 2. The lowest BCUT2D eigenvalue weighted by molar-refractivity contribution is -0.168. The van der Waals surface area contributed by atoms with Crippen LogP contribution in [0, 0.1) is 0 Å². The second-order valence-corrected chi connectivity index (χ2v) is 7.64. The molecule has 0 saturated heterocycles. The first-order chi connectivity index (χ1) is 14.2. The Hall–Kier alpha value is -3.35. The number of carbonyl (C=O) groups is 3. The first-order valence-electron chi connectivity index (χ1n) is 9.56. The van der Waals surface area contributed by atoms with Gasteiger partial charge in [-0.25, -0.2) is 14.4 Å². The van der Waals surface area contributed by atoms with Gasteiger partial charge in [0.25, 0.3) is 0 Å². The molecule has 2 atom stereocenters. The maximum atomic E-state index is 13.0. The van der Waals surface area contributed by atoms with Crippen LogP contribution < -0.4 is 5.32 Å². The van der Waals surface area contributed by atoms with E-state index >= 15 is 0 Å². The highest BCUT2D eigenvalue weighted by molar-refractivity contribution is 5.85. The molecule has 7 nitrogen and oxygen atoms in total. The number of alkyl carbamates (subject to hydrolysis) is 1. The molecular formula is C23H27NO6. The number of ether oxygens (including phenoxy) is 3. The van der Waals surface area contributed by atoms with Gasteiger partial charge in [-0.3, -0.25) is 0 Å². The van der Waals surface area contributed by atoms with E-state index in [9.17, 15) is 14.4 Å². The molecule has 7 heteroatoms. The zero-order chi connectivity index (χ0) is 22.1. The van der Waals surface area contributed by atoms with Crippen LogP contribution >= 0.6 is 0 Å². The van der Waals surface area contributed by atoms with Crippen LogP contribution in [-0.2, 0) is 30.2 Å².